The minimum atomic E-state index is -0.182. The van der Waals surface area contributed by atoms with Crippen LogP contribution in [0.5, 0.6) is 5.75 Å². The molecule has 5 heteroatoms. The van der Waals surface area contributed by atoms with Gasteiger partial charge in [-0.05, 0) is 31.5 Å². The molecule has 0 radical (unpaired) electrons. The van der Waals surface area contributed by atoms with Crippen molar-refractivity contribution in [3.8, 4) is 5.75 Å². The fourth-order valence-electron chi connectivity index (χ4n) is 1.95. The molecular formula is C12H17N3O2. The van der Waals surface area contributed by atoms with Gasteiger partial charge in [0.05, 0.1) is 6.04 Å². The minimum Gasteiger partial charge on any atom is -0.504 e. The lowest BCUT2D eigenvalue weighted by Crippen LogP contribution is -2.40. The van der Waals surface area contributed by atoms with Crippen molar-refractivity contribution in [1.29, 1.82) is 0 Å². The Morgan fingerprint density at radius 3 is 3.18 bits per heavy atom. The summed E-state index contributed by atoms with van der Waals surface area (Å²) in [4.78, 5) is 15.9. The maximum absolute atomic E-state index is 11.9. The van der Waals surface area contributed by atoms with Crippen molar-refractivity contribution in [2.45, 2.75) is 31.7 Å². The van der Waals surface area contributed by atoms with Gasteiger partial charge in [-0.1, -0.05) is 12.8 Å². The van der Waals surface area contributed by atoms with Crippen LogP contribution in [-0.2, 0) is 4.79 Å². The van der Waals surface area contributed by atoms with E-state index in [1.807, 2.05) is 0 Å². The summed E-state index contributed by atoms with van der Waals surface area (Å²) in [6.45, 7) is 0.867. The molecule has 1 unspecified atom stereocenters. The summed E-state index contributed by atoms with van der Waals surface area (Å²) >= 11 is 0. The first-order valence-corrected chi connectivity index (χ1v) is 5.95. The number of aromatic nitrogens is 1. The van der Waals surface area contributed by atoms with E-state index in [4.69, 9.17) is 0 Å². The largest absolute Gasteiger partial charge is 0.504 e. The number of nitrogens with zero attached hydrogens (tertiary/aromatic N) is 1. The van der Waals surface area contributed by atoms with Gasteiger partial charge in [-0.25, -0.2) is 4.98 Å². The van der Waals surface area contributed by atoms with Gasteiger partial charge in [-0.3, -0.25) is 4.79 Å². The minimum absolute atomic E-state index is 0.00512. The zero-order chi connectivity index (χ0) is 12.1. The van der Waals surface area contributed by atoms with Gasteiger partial charge in [0.15, 0.2) is 11.6 Å². The maximum atomic E-state index is 11.9. The van der Waals surface area contributed by atoms with Crippen LogP contribution in [0.3, 0.4) is 0 Å². The molecule has 0 bridgehead atoms. The third-order valence-electron chi connectivity index (χ3n) is 2.90. The molecule has 1 atom stereocenters. The van der Waals surface area contributed by atoms with Gasteiger partial charge >= 0.3 is 0 Å². The van der Waals surface area contributed by atoms with E-state index in [9.17, 15) is 9.90 Å². The molecule has 0 spiro atoms. The highest BCUT2D eigenvalue weighted by atomic mass is 16.3. The summed E-state index contributed by atoms with van der Waals surface area (Å²) in [5, 5.41) is 15.4. The Kier molecular flexibility index (Phi) is 3.93. The lowest BCUT2D eigenvalue weighted by atomic mass is 10.1. The second-order valence-corrected chi connectivity index (χ2v) is 4.22. The quantitative estimate of drug-likeness (QED) is 0.721. The molecule has 1 aliphatic rings. The van der Waals surface area contributed by atoms with Crippen LogP contribution in [0.2, 0.25) is 0 Å². The fourth-order valence-corrected chi connectivity index (χ4v) is 1.95. The normalized spacial score (nSPS) is 20.6. The van der Waals surface area contributed by atoms with Gasteiger partial charge in [-0.2, -0.15) is 0 Å². The van der Waals surface area contributed by atoms with Gasteiger partial charge < -0.3 is 15.7 Å². The van der Waals surface area contributed by atoms with Gasteiger partial charge in [-0.15, -0.1) is 0 Å². The molecular weight excluding hydrogens is 218 g/mol. The first kappa shape index (κ1) is 11.9. The van der Waals surface area contributed by atoms with E-state index < -0.39 is 0 Å². The zero-order valence-corrected chi connectivity index (χ0v) is 9.65. The average molecular weight is 235 g/mol. The van der Waals surface area contributed by atoms with Gasteiger partial charge in [0.2, 0.25) is 5.91 Å². The van der Waals surface area contributed by atoms with Crippen LogP contribution in [-0.4, -0.2) is 28.6 Å². The molecule has 0 aromatic carbocycles. The summed E-state index contributed by atoms with van der Waals surface area (Å²) in [5.41, 5.74) is 0. The number of rotatable bonds is 2. The molecule has 92 valence electrons. The smallest absolute Gasteiger partial charge is 0.242 e. The highest BCUT2D eigenvalue weighted by molar-refractivity contribution is 5.95. The second-order valence-electron chi connectivity index (χ2n) is 4.22. The topological polar surface area (TPSA) is 74.2 Å². The van der Waals surface area contributed by atoms with E-state index in [1.54, 1.807) is 6.07 Å². The van der Waals surface area contributed by atoms with Crippen molar-refractivity contribution in [2.24, 2.45) is 0 Å². The molecule has 5 nitrogen and oxygen atoms in total. The fraction of sp³-hybridized carbons (Fsp3) is 0.500. The number of pyridine rings is 1. The van der Waals surface area contributed by atoms with E-state index in [1.165, 1.54) is 12.3 Å². The van der Waals surface area contributed by atoms with E-state index in [0.29, 0.717) is 0 Å². The van der Waals surface area contributed by atoms with Crippen LogP contribution in [0.4, 0.5) is 5.82 Å². The Morgan fingerprint density at radius 2 is 2.35 bits per heavy atom. The van der Waals surface area contributed by atoms with Crippen LogP contribution in [0.25, 0.3) is 0 Å². The Balaban J connectivity index is 1.98. The lowest BCUT2D eigenvalue weighted by Gasteiger charge is -2.15. The third kappa shape index (κ3) is 3.17. The molecule has 17 heavy (non-hydrogen) atoms. The molecule has 1 amide bonds. The van der Waals surface area contributed by atoms with E-state index >= 15 is 0 Å². The molecule has 2 heterocycles. The first-order chi connectivity index (χ1) is 8.27. The molecule has 1 aromatic rings. The molecule has 1 aliphatic heterocycles. The third-order valence-corrected chi connectivity index (χ3v) is 2.90. The summed E-state index contributed by atoms with van der Waals surface area (Å²) in [7, 11) is 0. The maximum Gasteiger partial charge on any atom is 0.242 e. The predicted molar refractivity (Wildman–Crippen MR) is 64.8 cm³/mol. The van der Waals surface area contributed by atoms with Crippen molar-refractivity contribution in [3.63, 3.8) is 0 Å². The lowest BCUT2D eigenvalue weighted by molar-refractivity contribution is -0.118. The SMILES string of the molecule is O=C(Nc1ncccc1O)C1CCCCCN1. The van der Waals surface area contributed by atoms with Crippen LogP contribution < -0.4 is 10.6 Å². The number of hydrogen-bond donors (Lipinski definition) is 3. The number of anilines is 1. The van der Waals surface area contributed by atoms with E-state index in [-0.39, 0.29) is 23.5 Å². The number of carbonyl (C=O) groups excluding carboxylic acids is 1. The molecule has 1 saturated heterocycles. The number of nitrogens with one attached hydrogen (secondary N) is 2. The Morgan fingerprint density at radius 1 is 1.47 bits per heavy atom. The van der Waals surface area contributed by atoms with Crippen molar-refractivity contribution >= 4 is 11.7 Å². The zero-order valence-electron chi connectivity index (χ0n) is 9.65. The molecule has 0 saturated carbocycles. The average Bonchev–Trinajstić information content (AvgIpc) is 2.61. The number of carbonyl (C=O) groups is 1. The summed E-state index contributed by atoms with van der Waals surface area (Å²) in [6.07, 6.45) is 5.69. The molecule has 1 aromatic heterocycles. The van der Waals surface area contributed by atoms with E-state index in [2.05, 4.69) is 15.6 Å². The van der Waals surface area contributed by atoms with Crippen LogP contribution >= 0.6 is 0 Å². The van der Waals surface area contributed by atoms with Crippen LogP contribution in [0.1, 0.15) is 25.7 Å². The molecule has 3 N–H and O–H groups in total. The van der Waals surface area contributed by atoms with Crippen LogP contribution in [0, 0.1) is 0 Å². The summed E-state index contributed by atoms with van der Waals surface area (Å²) in [6, 6.07) is 2.94. The molecule has 0 aliphatic carbocycles. The number of aromatic hydroxyl groups is 1. The second kappa shape index (κ2) is 5.63. The number of amides is 1. The Hall–Kier alpha value is -1.62. The Labute approximate surface area is 100 Å². The molecule has 1 fully saturated rings. The van der Waals surface area contributed by atoms with Crippen molar-refractivity contribution < 1.29 is 9.90 Å². The van der Waals surface area contributed by atoms with Crippen molar-refractivity contribution in [2.75, 3.05) is 11.9 Å². The highest BCUT2D eigenvalue weighted by Crippen LogP contribution is 2.19. The molecule has 2 rings (SSSR count). The predicted octanol–water partition coefficient (Wildman–Crippen LogP) is 1.26. The first-order valence-electron chi connectivity index (χ1n) is 5.95. The van der Waals surface area contributed by atoms with E-state index in [0.717, 1.165) is 32.2 Å². The van der Waals surface area contributed by atoms with Crippen molar-refractivity contribution in [1.82, 2.24) is 10.3 Å². The monoisotopic (exact) mass is 235 g/mol. The van der Waals surface area contributed by atoms with Crippen LogP contribution in [0.15, 0.2) is 18.3 Å². The van der Waals surface area contributed by atoms with Gasteiger partial charge in [0.1, 0.15) is 0 Å². The standard InChI is InChI=1S/C12H17N3O2/c16-10-6-4-8-14-11(10)15-12(17)9-5-2-1-3-7-13-9/h4,6,8-9,13,16H,1-3,5,7H2,(H,14,15,17). The van der Waals surface area contributed by atoms with Crippen molar-refractivity contribution in [3.05, 3.63) is 18.3 Å². The Bertz CT molecular complexity index is 387. The number of hydrogen-bond acceptors (Lipinski definition) is 4. The van der Waals surface area contributed by atoms with Gasteiger partial charge in [0.25, 0.3) is 0 Å². The van der Waals surface area contributed by atoms with Gasteiger partial charge in [0, 0.05) is 6.20 Å². The summed E-state index contributed by atoms with van der Waals surface area (Å²) < 4.78 is 0. The highest BCUT2D eigenvalue weighted by Gasteiger charge is 2.20. The summed E-state index contributed by atoms with van der Waals surface area (Å²) in [5.74, 6) is 0.0962.